The maximum atomic E-state index is 13.7. The van der Waals surface area contributed by atoms with E-state index in [-0.39, 0.29) is 56.3 Å². The van der Waals surface area contributed by atoms with Gasteiger partial charge in [-0.15, -0.1) is 11.8 Å². The maximum absolute atomic E-state index is 13.7. The summed E-state index contributed by atoms with van der Waals surface area (Å²) in [7, 11) is -4.16. The van der Waals surface area contributed by atoms with E-state index in [0.717, 1.165) is 28.9 Å². The lowest BCUT2D eigenvalue weighted by Gasteiger charge is -2.25. The van der Waals surface area contributed by atoms with Gasteiger partial charge in [0.15, 0.2) is 35.0 Å². The van der Waals surface area contributed by atoms with Crippen molar-refractivity contribution in [3.8, 4) is 11.5 Å². The van der Waals surface area contributed by atoms with Crippen molar-refractivity contribution in [1.29, 1.82) is 0 Å². The van der Waals surface area contributed by atoms with Crippen LogP contribution in [0.1, 0.15) is 41.5 Å². The van der Waals surface area contributed by atoms with Crippen molar-refractivity contribution in [2.24, 2.45) is 5.92 Å². The summed E-state index contributed by atoms with van der Waals surface area (Å²) >= 11 is 13.9. The van der Waals surface area contributed by atoms with E-state index < -0.39 is 34.1 Å². The van der Waals surface area contributed by atoms with Gasteiger partial charge in [-0.3, -0.25) is 0 Å². The number of H-pyrrole nitrogens is 1. The molecule has 11 nitrogen and oxygen atoms in total. The second-order valence-corrected chi connectivity index (χ2v) is 13.9. The molecular formula is C27H29Cl2F2N3O8S2. The fraction of sp³-hybridized carbons (Fsp3) is 0.444. The highest BCUT2D eigenvalue weighted by Gasteiger charge is 2.44. The molecule has 5 rings (SSSR count). The Bertz CT molecular complexity index is 1570. The van der Waals surface area contributed by atoms with Crippen molar-refractivity contribution >= 4 is 51.0 Å². The second kappa shape index (κ2) is 14.2. The largest absolute Gasteiger partial charge is 0.870 e. The van der Waals surface area contributed by atoms with Gasteiger partial charge in [0, 0.05) is 24.3 Å². The van der Waals surface area contributed by atoms with Gasteiger partial charge in [0.2, 0.25) is 10.0 Å². The Balaban J connectivity index is 0.00000442. The van der Waals surface area contributed by atoms with Crippen LogP contribution in [-0.2, 0) is 26.0 Å². The van der Waals surface area contributed by atoms with E-state index in [4.69, 9.17) is 37.2 Å². The average Bonchev–Trinajstić information content (AvgIpc) is 3.51. The van der Waals surface area contributed by atoms with E-state index in [0.29, 0.717) is 29.4 Å². The van der Waals surface area contributed by atoms with E-state index in [1.807, 2.05) is 0 Å². The Kier molecular flexibility index (Phi) is 11.0. The number of thioether (sulfide) groups is 1. The zero-order valence-corrected chi connectivity index (χ0v) is 26.6. The van der Waals surface area contributed by atoms with Gasteiger partial charge < -0.3 is 24.2 Å². The Hall–Kier alpha value is -2.69. The van der Waals surface area contributed by atoms with Crippen molar-refractivity contribution in [1.82, 2.24) is 9.46 Å². The zero-order chi connectivity index (χ0) is 30.9. The van der Waals surface area contributed by atoms with Crippen molar-refractivity contribution in [3.05, 3.63) is 63.2 Å². The summed E-state index contributed by atoms with van der Waals surface area (Å²) < 4.78 is 76.0. The fourth-order valence-corrected chi connectivity index (χ4v) is 8.53. The van der Waals surface area contributed by atoms with Crippen LogP contribution in [0, 0.1) is 19.8 Å². The third kappa shape index (κ3) is 7.57. The summed E-state index contributed by atoms with van der Waals surface area (Å²) in [4.78, 5) is 16.4. The van der Waals surface area contributed by atoms with Crippen LogP contribution in [0.3, 0.4) is 0 Å². The van der Waals surface area contributed by atoms with Crippen LogP contribution in [0.4, 0.5) is 8.78 Å². The molecule has 2 aliphatic rings. The number of nitrogens with one attached hydrogen (secondary N) is 1. The Morgan fingerprint density at radius 3 is 2.52 bits per heavy atom. The molecule has 1 aromatic carbocycles. The molecule has 0 bridgehead atoms. The fourth-order valence-electron chi connectivity index (χ4n) is 4.65. The standard InChI is InChI=1S/C27H27Cl2F2N3O7S2.H2O/c1-14-24(15(2)41-33-14)43(36,37)34-7-8-42-25(34)26(35)39-22(10-18-19(28)11-32-12-20(18)29)17-5-6-21(40-27(30)31)23(9-17)38-13-16-3-4-16;/h5-6,9,11-12,16,22,25,27H,3-4,7-8,10,13H2,1-2H3;1H2/t22-,25?;/m0./s1. The molecule has 3 heterocycles. The molecule has 2 atom stereocenters. The quantitative estimate of drug-likeness (QED) is 0.231. The molecule has 1 aliphatic heterocycles. The molecule has 1 saturated heterocycles. The molecule has 2 fully saturated rings. The molecule has 3 aromatic rings. The number of pyridine rings is 1. The highest BCUT2D eigenvalue weighted by Crippen LogP contribution is 2.39. The number of ether oxygens (including phenoxy) is 3. The number of aromatic nitrogens is 2. The van der Waals surface area contributed by atoms with E-state index in [1.165, 1.54) is 44.4 Å². The summed E-state index contributed by atoms with van der Waals surface area (Å²) in [6, 6.07) is 4.25. The first-order valence-corrected chi connectivity index (χ1v) is 16.5. The van der Waals surface area contributed by atoms with Gasteiger partial charge in [0.05, 0.1) is 6.61 Å². The van der Waals surface area contributed by atoms with E-state index in [1.54, 1.807) is 0 Å². The summed E-state index contributed by atoms with van der Waals surface area (Å²) in [6.45, 7) is 0.282. The smallest absolute Gasteiger partial charge is 0.387 e. The van der Waals surface area contributed by atoms with Gasteiger partial charge >= 0.3 is 12.6 Å². The number of hydrogen-bond donors (Lipinski definition) is 0. The van der Waals surface area contributed by atoms with Gasteiger partial charge in [-0.2, -0.15) is 13.1 Å². The molecular weight excluding hydrogens is 667 g/mol. The Labute approximate surface area is 266 Å². The first kappa shape index (κ1) is 34.2. The highest BCUT2D eigenvalue weighted by molar-refractivity contribution is 8.02. The first-order valence-electron chi connectivity index (χ1n) is 13.3. The third-order valence-corrected chi connectivity index (χ3v) is 11.1. The number of aromatic amines is 1. The van der Waals surface area contributed by atoms with Crippen LogP contribution in [-0.4, -0.2) is 60.2 Å². The minimum absolute atomic E-state index is 0. The van der Waals surface area contributed by atoms with Crippen LogP contribution < -0.4 is 14.5 Å². The van der Waals surface area contributed by atoms with E-state index in [2.05, 4.69) is 14.9 Å². The molecule has 0 radical (unpaired) electrons. The number of aryl methyl sites for hydroxylation is 2. The SMILES string of the molecule is Cc1noc(C)c1S(=O)(=O)N1CCSC1C(=O)O[C@@H](Cc1c(Cl)c[nH+]cc1Cl)c1ccc(OC(F)F)c(OCC2CC2)c1.[OH-]. The number of carbonyl (C=O) groups excluding carboxylic acids is 1. The van der Waals surface area contributed by atoms with Crippen LogP contribution in [0.5, 0.6) is 11.5 Å². The predicted octanol–water partition coefficient (Wildman–Crippen LogP) is 5.22. The predicted molar refractivity (Wildman–Crippen MR) is 155 cm³/mol. The molecule has 1 aliphatic carbocycles. The third-order valence-electron chi connectivity index (χ3n) is 6.96. The van der Waals surface area contributed by atoms with Crippen LogP contribution in [0.2, 0.25) is 10.0 Å². The van der Waals surface area contributed by atoms with Crippen LogP contribution in [0.15, 0.2) is 40.0 Å². The Morgan fingerprint density at radius 1 is 1.20 bits per heavy atom. The zero-order valence-electron chi connectivity index (χ0n) is 23.5. The van der Waals surface area contributed by atoms with Crippen molar-refractivity contribution in [2.45, 2.75) is 56.1 Å². The number of esters is 1. The van der Waals surface area contributed by atoms with Crippen molar-refractivity contribution < 1.29 is 51.2 Å². The topological polar surface area (TPSA) is 152 Å². The first-order chi connectivity index (χ1) is 20.5. The number of benzene rings is 1. The summed E-state index contributed by atoms with van der Waals surface area (Å²) in [5, 5.41) is 3.08. The molecule has 1 saturated carbocycles. The summed E-state index contributed by atoms with van der Waals surface area (Å²) in [6.07, 6.45) is 3.90. The molecule has 2 aromatic heterocycles. The van der Waals surface area contributed by atoms with Gasteiger partial charge in [-0.1, -0.05) is 34.4 Å². The number of alkyl halides is 2. The molecule has 17 heteroatoms. The molecule has 0 spiro atoms. The van der Waals surface area contributed by atoms with Crippen molar-refractivity contribution in [3.63, 3.8) is 0 Å². The lowest BCUT2D eigenvalue weighted by molar-refractivity contribution is -0.377. The van der Waals surface area contributed by atoms with Gasteiger partial charge in [-0.25, -0.2) is 18.2 Å². The molecule has 240 valence electrons. The van der Waals surface area contributed by atoms with E-state index >= 15 is 0 Å². The van der Waals surface area contributed by atoms with Gasteiger partial charge in [0.1, 0.15) is 26.7 Å². The van der Waals surface area contributed by atoms with Gasteiger partial charge in [0.25, 0.3) is 0 Å². The molecule has 1 unspecified atom stereocenters. The van der Waals surface area contributed by atoms with Crippen LogP contribution in [0.25, 0.3) is 0 Å². The number of carbonyl (C=O) groups is 1. The number of hydrogen-bond acceptors (Lipinski definition) is 10. The van der Waals surface area contributed by atoms with E-state index in [9.17, 15) is 22.0 Å². The normalized spacial score (nSPS) is 17.8. The highest BCUT2D eigenvalue weighted by atomic mass is 35.5. The minimum atomic E-state index is -4.16. The second-order valence-electron chi connectivity index (χ2n) is 10.1. The number of nitrogens with zero attached hydrogens (tertiary/aromatic N) is 2. The maximum Gasteiger partial charge on any atom is 0.387 e. The van der Waals surface area contributed by atoms with Crippen LogP contribution >= 0.6 is 35.0 Å². The monoisotopic (exact) mass is 695 g/mol. The molecule has 2 N–H and O–H groups in total. The summed E-state index contributed by atoms with van der Waals surface area (Å²) in [5.41, 5.74) is 1.01. The number of halogens is 4. The molecule has 0 amide bonds. The molecule has 44 heavy (non-hydrogen) atoms. The summed E-state index contributed by atoms with van der Waals surface area (Å²) in [5.74, 6) is -0.168. The lowest BCUT2D eigenvalue weighted by Crippen LogP contribution is -2.41. The lowest BCUT2D eigenvalue weighted by atomic mass is 10.0. The minimum Gasteiger partial charge on any atom is -0.870 e. The van der Waals surface area contributed by atoms with Crippen molar-refractivity contribution in [2.75, 3.05) is 18.9 Å². The average molecular weight is 697 g/mol. The van der Waals surface area contributed by atoms with Gasteiger partial charge in [-0.05, 0) is 50.3 Å². The number of rotatable bonds is 12. The Morgan fingerprint density at radius 2 is 1.91 bits per heavy atom. The number of sulfonamides is 1.